The maximum atomic E-state index is 13.3. The molecule has 0 bridgehead atoms. The van der Waals surface area contributed by atoms with E-state index in [4.69, 9.17) is 0 Å². The van der Waals surface area contributed by atoms with Crippen LogP contribution in [0.3, 0.4) is 0 Å². The van der Waals surface area contributed by atoms with Gasteiger partial charge in [-0.2, -0.15) is 5.10 Å². The predicted octanol–water partition coefficient (Wildman–Crippen LogP) is 3.35. The van der Waals surface area contributed by atoms with E-state index in [-0.39, 0.29) is 18.0 Å². The van der Waals surface area contributed by atoms with E-state index >= 15 is 0 Å². The second-order valence-corrected chi connectivity index (χ2v) is 7.87. The largest absolute Gasteiger partial charge is 0.336 e. The SMILES string of the molecule is CCCn1c2ccccc2c2cnn(CC(=O)N3CCc4ccccc4C3)c(=O)c21. The van der Waals surface area contributed by atoms with Crippen LogP contribution in [0.15, 0.2) is 59.5 Å². The summed E-state index contributed by atoms with van der Waals surface area (Å²) >= 11 is 0. The lowest BCUT2D eigenvalue weighted by molar-refractivity contribution is -0.133. The number of para-hydroxylation sites is 1. The maximum absolute atomic E-state index is 13.3. The summed E-state index contributed by atoms with van der Waals surface area (Å²) in [6.07, 6.45) is 3.49. The summed E-state index contributed by atoms with van der Waals surface area (Å²) in [6.45, 7) is 4.06. The van der Waals surface area contributed by atoms with Crippen molar-refractivity contribution in [2.24, 2.45) is 0 Å². The Bertz CT molecular complexity index is 1320. The topological polar surface area (TPSA) is 60.1 Å². The van der Waals surface area contributed by atoms with Gasteiger partial charge >= 0.3 is 0 Å². The molecule has 0 saturated heterocycles. The fourth-order valence-electron chi connectivity index (χ4n) is 4.50. The summed E-state index contributed by atoms with van der Waals surface area (Å²) in [5.74, 6) is -0.0726. The minimum atomic E-state index is -0.206. The summed E-state index contributed by atoms with van der Waals surface area (Å²) < 4.78 is 3.38. The summed E-state index contributed by atoms with van der Waals surface area (Å²) in [5, 5.41) is 6.22. The molecule has 0 fully saturated rings. The molecule has 0 spiro atoms. The predicted molar refractivity (Wildman–Crippen MR) is 117 cm³/mol. The van der Waals surface area contributed by atoms with Gasteiger partial charge in [0, 0.05) is 35.9 Å². The van der Waals surface area contributed by atoms with Crippen molar-refractivity contribution in [2.45, 2.75) is 39.4 Å². The molecule has 6 heteroatoms. The number of carbonyl (C=O) groups is 1. The molecule has 3 heterocycles. The van der Waals surface area contributed by atoms with Crippen LogP contribution in [0.5, 0.6) is 0 Å². The summed E-state index contributed by atoms with van der Waals surface area (Å²) in [5.41, 5.74) is 3.93. The van der Waals surface area contributed by atoms with Crippen LogP contribution in [-0.2, 0) is 30.8 Å². The van der Waals surface area contributed by atoms with E-state index in [2.05, 4.69) is 28.7 Å². The molecule has 1 aliphatic heterocycles. The van der Waals surface area contributed by atoms with Gasteiger partial charge < -0.3 is 9.47 Å². The molecule has 0 aliphatic carbocycles. The maximum Gasteiger partial charge on any atom is 0.291 e. The summed E-state index contributed by atoms with van der Waals surface area (Å²) in [4.78, 5) is 28.1. The normalized spacial score (nSPS) is 13.7. The second-order valence-electron chi connectivity index (χ2n) is 7.87. The Morgan fingerprint density at radius 3 is 2.63 bits per heavy atom. The molecular formula is C24H24N4O2. The average molecular weight is 400 g/mol. The Kier molecular flexibility index (Phi) is 4.62. The van der Waals surface area contributed by atoms with Crippen molar-refractivity contribution in [1.29, 1.82) is 0 Å². The molecule has 1 aliphatic rings. The Morgan fingerprint density at radius 2 is 1.80 bits per heavy atom. The third-order valence-electron chi connectivity index (χ3n) is 5.99. The first-order valence-corrected chi connectivity index (χ1v) is 10.5. The number of hydrogen-bond donors (Lipinski definition) is 0. The number of hydrogen-bond acceptors (Lipinski definition) is 3. The molecule has 0 unspecified atom stereocenters. The van der Waals surface area contributed by atoms with Gasteiger partial charge in [-0.15, -0.1) is 0 Å². The lowest BCUT2D eigenvalue weighted by Gasteiger charge is -2.28. The highest BCUT2D eigenvalue weighted by molar-refractivity contribution is 6.07. The molecule has 0 radical (unpaired) electrons. The van der Waals surface area contributed by atoms with Crippen LogP contribution < -0.4 is 5.56 Å². The van der Waals surface area contributed by atoms with Crippen molar-refractivity contribution in [1.82, 2.24) is 19.2 Å². The van der Waals surface area contributed by atoms with E-state index in [9.17, 15) is 9.59 Å². The van der Waals surface area contributed by atoms with Crippen molar-refractivity contribution in [2.75, 3.05) is 6.54 Å². The van der Waals surface area contributed by atoms with Gasteiger partial charge in [-0.25, -0.2) is 4.68 Å². The lowest BCUT2D eigenvalue weighted by Crippen LogP contribution is -2.40. The molecule has 2 aromatic carbocycles. The molecule has 0 N–H and O–H groups in total. The standard InChI is InChI=1S/C24H24N4O2/c1-2-12-27-21-10-6-5-9-19(21)20-14-25-28(24(30)23(20)27)16-22(29)26-13-11-17-7-3-4-8-18(17)15-26/h3-10,14H,2,11-13,15-16H2,1H3. The van der Waals surface area contributed by atoms with Gasteiger partial charge in [-0.1, -0.05) is 49.4 Å². The first-order chi connectivity index (χ1) is 14.7. The number of nitrogens with zero attached hydrogens (tertiary/aromatic N) is 4. The minimum Gasteiger partial charge on any atom is -0.336 e. The zero-order valence-corrected chi connectivity index (χ0v) is 17.0. The number of carbonyl (C=O) groups excluding carboxylic acids is 1. The molecule has 0 saturated carbocycles. The smallest absolute Gasteiger partial charge is 0.291 e. The Balaban J connectivity index is 1.50. The zero-order chi connectivity index (χ0) is 20.7. The van der Waals surface area contributed by atoms with E-state index in [1.807, 2.05) is 41.3 Å². The van der Waals surface area contributed by atoms with Gasteiger partial charge in [0.25, 0.3) is 5.56 Å². The summed E-state index contributed by atoms with van der Waals surface area (Å²) in [7, 11) is 0. The molecule has 6 nitrogen and oxygen atoms in total. The van der Waals surface area contributed by atoms with Crippen LogP contribution in [0, 0.1) is 0 Å². The molecule has 152 valence electrons. The van der Waals surface area contributed by atoms with Gasteiger partial charge in [-0.3, -0.25) is 9.59 Å². The van der Waals surface area contributed by atoms with Crippen LogP contribution >= 0.6 is 0 Å². The van der Waals surface area contributed by atoms with Crippen molar-refractivity contribution < 1.29 is 4.79 Å². The van der Waals surface area contributed by atoms with Gasteiger partial charge in [0.05, 0.1) is 6.20 Å². The molecule has 0 atom stereocenters. The van der Waals surface area contributed by atoms with Gasteiger partial charge in [0.1, 0.15) is 12.1 Å². The number of aromatic nitrogens is 3. The highest BCUT2D eigenvalue weighted by atomic mass is 16.2. The molecule has 30 heavy (non-hydrogen) atoms. The van der Waals surface area contributed by atoms with Crippen molar-refractivity contribution >= 4 is 27.7 Å². The first-order valence-electron chi connectivity index (χ1n) is 10.5. The van der Waals surface area contributed by atoms with E-state index < -0.39 is 0 Å². The molecule has 2 aromatic heterocycles. The van der Waals surface area contributed by atoms with Crippen LogP contribution in [-0.4, -0.2) is 31.7 Å². The number of fused-ring (bicyclic) bond motifs is 4. The van der Waals surface area contributed by atoms with Gasteiger partial charge in [0.15, 0.2) is 0 Å². The molecule has 4 aromatic rings. The molecule has 5 rings (SSSR count). The Morgan fingerprint density at radius 1 is 1.03 bits per heavy atom. The fourth-order valence-corrected chi connectivity index (χ4v) is 4.50. The second kappa shape index (κ2) is 7.44. The monoisotopic (exact) mass is 400 g/mol. The molecular weight excluding hydrogens is 376 g/mol. The third-order valence-corrected chi connectivity index (χ3v) is 5.99. The van der Waals surface area contributed by atoms with Crippen molar-refractivity contribution in [3.63, 3.8) is 0 Å². The number of benzene rings is 2. The van der Waals surface area contributed by atoms with Crippen LogP contribution in [0.1, 0.15) is 24.5 Å². The quantitative estimate of drug-likeness (QED) is 0.528. The fraction of sp³-hybridized carbons (Fsp3) is 0.292. The van der Waals surface area contributed by atoms with E-state index in [1.54, 1.807) is 6.20 Å². The highest BCUT2D eigenvalue weighted by Gasteiger charge is 2.22. The number of rotatable bonds is 4. The Labute approximate surface area is 174 Å². The number of amides is 1. The van der Waals surface area contributed by atoms with E-state index in [0.29, 0.717) is 18.6 Å². The van der Waals surface area contributed by atoms with Crippen LogP contribution in [0.25, 0.3) is 21.8 Å². The minimum absolute atomic E-state index is 0.0371. The lowest BCUT2D eigenvalue weighted by atomic mass is 10.00. The van der Waals surface area contributed by atoms with Crippen LogP contribution in [0.4, 0.5) is 0 Å². The van der Waals surface area contributed by atoms with Crippen molar-refractivity contribution in [3.8, 4) is 0 Å². The van der Waals surface area contributed by atoms with E-state index in [1.165, 1.54) is 15.8 Å². The summed E-state index contributed by atoms with van der Waals surface area (Å²) in [6, 6.07) is 16.2. The van der Waals surface area contributed by atoms with E-state index in [0.717, 1.165) is 35.7 Å². The highest BCUT2D eigenvalue weighted by Crippen LogP contribution is 2.26. The third kappa shape index (κ3) is 3.00. The van der Waals surface area contributed by atoms with Gasteiger partial charge in [-0.05, 0) is 30.0 Å². The first kappa shape index (κ1) is 18.6. The van der Waals surface area contributed by atoms with Crippen molar-refractivity contribution in [3.05, 3.63) is 76.2 Å². The number of aryl methyl sites for hydroxylation is 1. The average Bonchev–Trinajstić information content (AvgIpc) is 3.10. The molecule has 1 amide bonds. The van der Waals surface area contributed by atoms with Crippen LogP contribution in [0.2, 0.25) is 0 Å². The van der Waals surface area contributed by atoms with Gasteiger partial charge in [0.2, 0.25) is 5.91 Å². The zero-order valence-electron chi connectivity index (χ0n) is 17.0. The Hall–Kier alpha value is -3.41.